The van der Waals surface area contributed by atoms with Crippen LogP contribution in [-0.4, -0.2) is 37.0 Å². The number of rotatable bonds is 7. The van der Waals surface area contributed by atoms with Gasteiger partial charge in [0.25, 0.3) is 0 Å². The number of carbonyl (C=O) groups is 1. The number of halogens is 1. The van der Waals surface area contributed by atoms with Crippen LogP contribution in [0.15, 0.2) is 6.07 Å². The van der Waals surface area contributed by atoms with Gasteiger partial charge in [-0.1, -0.05) is 19.6 Å². The Kier molecular flexibility index (Phi) is 6.47. The van der Waals surface area contributed by atoms with Gasteiger partial charge in [-0.25, -0.2) is 9.48 Å². The molecule has 0 aliphatic rings. The molecule has 0 saturated carbocycles. The molecular weight excluding hydrogens is 375 g/mol. The van der Waals surface area contributed by atoms with Crippen LogP contribution in [-0.2, 0) is 16.2 Å². The van der Waals surface area contributed by atoms with Crippen LogP contribution in [0.3, 0.4) is 0 Å². The third-order valence-electron chi connectivity index (χ3n) is 2.44. The Morgan fingerprint density at radius 3 is 2.74 bits per heavy atom. The van der Waals surface area contributed by atoms with Gasteiger partial charge >= 0.3 is 5.97 Å². The fraction of sp³-hybridized carbons (Fsp3) is 0.667. The van der Waals surface area contributed by atoms with Crippen LogP contribution in [0.5, 0.6) is 0 Å². The third-order valence-corrected chi connectivity index (χ3v) is 4.68. The summed E-state index contributed by atoms with van der Waals surface area (Å²) in [4.78, 5) is 11.7. The first-order valence-electron chi connectivity index (χ1n) is 6.31. The number of nitrogens with zero attached hydrogens (tertiary/aromatic N) is 2. The van der Waals surface area contributed by atoms with E-state index in [0.29, 0.717) is 25.6 Å². The molecule has 0 amide bonds. The lowest BCUT2D eigenvalue weighted by Gasteiger charge is -2.15. The lowest BCUT2D eigenvalue weighted by atomic mass is 10.4. The minimum Gasteiger partial charge on any atom is -0.461 e. The summed E-state index contributed by atoms with van der Waals surface area (Å²) >= 11 is 2.07. The summed E-state index contributed by atoms with van der Waals surface area (Å²) in [5.41, 5.74) is 0.444. The second kappa shape index (κ2) is 7.39. The van der Waals surface area contributed by atoms with Crippen molar-refractivity contribution in [1.82, 2.24) is 9.78 Å². The quantitative estimate of drug-likeness (QED) is 0.308. The van der Waals surface area contributed by atoms with E-state index in [9.17, 15) is 4.79 Å². The van der Waals surface area contributed by atoms with Crippen LogP contribution < -0.4 is 0 Å². The Morgan fingerprint density at radius 2 is 2.16 bits per heavy atom. The molecule has 0 radical (unpaired) electrons. The highest BCUT2D eigenvalue weighted by atomic mass is 127. The highest BCUT2D eigenvalue weighted by Crippen LogP contribution is 2.11. The van der Waals surface area contributed by atoms with Gasteiger partial charge in [-0.15, -0.1) is 0 Å². The molecule has 0 fully saturated rings. The number of aromatic nitrogens is 2. The Hall–Kier alpha value is -0.413. The van der Waals surface area contributed by atoms with Crippen molar-refractivity contribution in [3.63, 3.8) is 0 Å². The topological polar surface area (TPSA) is 53.3 Å². The molecule has 0 bridgehead atoms. The minimum atomic E-state index is -1.09. The smallest absolute Gasteiger partial charge is 0.356 e. The summed E-state index contributed by atoms with van der Waals surface area (Å²) in [6.45, 7) is 10.0. The lowest BCUT2D eigenvalue weighted by Crippen LogP contribution is -2.22. The van der Waals surface area contributed by atoms with Crippen molar-refractivity contribution in [2.75, 3.05) is 13.2 Å². The molecular formula is C12H21IN2O3Si. The molecule has 0 unspecified atom stereocenters. The molecule has 0 saturated heterocycles. The van der Waals surface area contributed by atoms with Gasteiger partial charge in [0.15, 0.2) is 0 Å². The van der Waals surface area contributed by atoms with E-state index < -0.39 is 8.07 Å². The van der Waals surface area contributed by atoms with Crippen LogP contribution in [0.4, 0.5) is 0 Å². The maximum Gasteiger partial charge on any atom is 0.356 e. The summed E-state index contributed by atoms with van der Waals surface area (Å²) in [6, 6.07) is 2.81. The highest BCUT2D eigenvalue weighted by Gasteiger charge is 2.16. The van der Waals surface area contributed by atoms with Gasteiger partial charge in [-0.2, -0.15) is 5.10 Å². The standard InChI is InChI=1S/C12H21IN2O3Si/c1-5-18-12(16)10-8-11(13)14-15(10)9-17-6-7-19(2,3)4/h8H,5-7,9H2,1-4H3. The average molecular weight is 396 g/mol. The maximum absolute atomic E-state index is 11.7. The van der Waals surface area contributed by atoms with E-state index in [1.807, 2.05) is 0 Å². The van der Waals surface area contributed by atoms with Gasteiger partial charge in [0, 0.05) is 20.7 Å². The molecule has 0 aliphatic heterocycles. The number of carbonyl (C=O) groups excluding carboxylic acids is 1. The van der Waals surface area contributed by atoms with Crippen LogP contribution >= 0.6 is 22.6 Å². The van der Waals surface area contributed by atoms with E-state index in [0.717, 1.165) is 9.74 Å². The molecule has 0 atom stereocenters. The summed E-state index contributed by atoms with van der Waals surface area (Å²) in [6.07, 6.45) is 0. The number of esters is 1. The van der Waals surface area contributed by atoms with Gasteiger partial charge in [-0.3, -0.25) is 0 Å². The molecule has 0 N–H and O–H groups in total. The van der Waals surface area contributed by atoms with Crippen molar-refractivity contribution in [2.45, 2.75) is 39.3 Å². The van der Waals surface area contributed by atoms with Gasteiger partial charge in [0.2, 0.25) is 0 Å². The Bertz CT molecular complexity index is 429. The van der Waals surface area contributed by atoms with Crippen LogP contribution in [0, 0.1) is 3.70 Å². The van der Waals surface area contributed by atoms with E-state index in [-0.39, 0.29) is 5.97 Å². The first kappa shape index (κ1) is 16.6. The van der Waals surface area contributed by atoms with E-state index in [4.69, 9.17) is 9.47 Å². The summed E-state index contributed by atoms with van der Waals surface area (Å²) in [5, 5.41) is 4.24. The fourth-order valence-electron chi connectivity index (χ4n) is 1.38. The van der Waals surface area contributed by atoms with Gasteiger partial charge in [0.1, 0.15) is 16.1 Å². The lowest BCUT2D eigenvalue weighted by molar-refractivity contribution is 0.0455. The molecule has 1 aromatic heterocycles. The predicted molar refractivity (Wildman–Crippen MR) is 85.0 cm³/mol. The molecule has 7 heteroatoms. The molecule has 1 heterocycles. The number of ether oxygens (including phenoxy) is 2. The molecule has 0 aliphatic carbocycles. The second-order valence-corrected chi connectivity index (χ2v) is 12.1. The maximum atomic E-state index is 11.7. The molecule has 0 aromatic carbocycles. The van der Waals surface area contributed by atoms with Crippen LogP contribution in [0.25, 0.3) is 0 Å². The molecule has 1 aromatic rings. The van der Waals surface area contributed by atoms with E-state index in [2.05, 4.69) is 47.3 Å². The molecule has 19 heavy (non-hydrogen) atoms. The summed E-state index contributed by atoms with van der Waals surface area (Å²) in [7, 11) is -1.09. The van der Waals surface area contributed by atoms with Crippen molar-refractivity contribution in [2.24, 2.45) is 0 Å². The molecule has 5 nitrogen and oxygen atoms in total. The monoisotopic (exact) mass is 396 g/mol. The Labute approximate surface area is 128 Å². The first-order valence-corrected chi connectivity index (χ1v) is 11.1. The largest absolute Gasteiger partial charge is 0.461 e. The van der Waals surface area contributed by atoms with Gasteiger partial charge < -0.3 is 9.47 Å². The average Bonchev–Trinajstić information content (AvgIpc) is 2.65. The number of hydrogen-bond donors (Lipinski definition) is 0. The van der Waals surface area contributed by atoms with Gasteiger partial charge in [-0.05, 0) is 35.6 Å². The fourth-order valence-corrected chi connectivity index (χ4v) is 2.69. The minimum absolute atomic E-state index is 0.293. The van der Waals surface area contributed by atoms with E-state index in [1.54, 1.807) is 17.7 Å². The summed E-state index contributed by atoms with van der Waals surface area (Å²) < 4.78 is 12.9. The first-order chi connectivity index (χ1) is 8.83. The van der Waals surface area contributed by atoms with Crippen LogP contribution in [0.1, 0.15) is 17.4 Å². The van der Waals surface area contributed by atoms with Crippen molar-refractivity contribution in [3.8, 4) is 0 Å². The zero-order valence-electron chi connectivity index (χ0n) is 11.9. The Morgan fingerprint density at radius 1 is 1.47 bits per heavy atom. The highest BCUT2D eigenvalue weighted by molar-refractivity contribution is 14.1. The van der Waals surface area contributed by atoms with Crippen molar-refractivity contribution in [1.29, 1.82) is 0 Å². The predicted octanol–water partition coefficient (Wildman–Crippen LogP) is 2.98. The zero-order valence-corrected chi connectivity index (χ0v) is 15.1. The van der Waals surface area contributed by atoms with Crippen molar-refractivity contribution < 1.29 is 14.3 Å². The zero-order chi connectivity index (χ0) is 14.5. The van der Waals surface area contributed by atoms with Gasteiger partial charge in [0.05, 0.1) is 6.61 Å². The third kappa shape index (κ3) is 6.04. The van der Waals surface area contributed by atoms with Crippen molar-refractivity contribution in [3.05, 3.63) is 15.5 Å². The normalized spacial score (nSPS) is 11.6. The molecule has 1 rings (SSSR count). The van der Waals surface area contributed by atoms with E-state index in [1.165, 1.54) is 0 Å². The second-order valence-electron chi connectivity index (χ2n) is 5.42. The Balaban J connectivity index is 2.56. The SMILES string of the molecule is CCOC(=O)c1cc(I)nn1COCC[Si](C)(C)C. The van der Waals surface area contributed by atoms with Crippen LogP contribution in [0.2, 0.25) is 25.7 Å². The summed E-state index contributed by atoms with van der Waals surface area (Å²) in [5.74, 6) is -0.355. The molecule has 0 spiro atoms. The van der Waals surface area contributed by atoms with Crippen molar-refractivity contribution >= 4 is 36.6 Å². The number of hydrogen-bond acceptors (Lipinski definition) is 4. The molecule has 108 valence electrons. The van der Waals surface area contributed by atoms with E-state index >= 15 is 0 Å².